The van der Waals surface area contributed by atoms with Crippen LogP contribution >= 0.6 is 0 Å². The third-order valence-corrected chi connectivity index (χ3v) is 3.53. The van der Waals surface area contributed by atoms with Crippen molar-refractivity contribution in [1.82, 2.24) is 0 Å². The van der Waals surface area contributed by atoms with Gasteiger partial charge in [0, 0.05) is 12.8 Å². The van der Waals surface area contributed by atoms with Crippen LogP contribution in [0, 0.1) is 0 Å². The topological polar surface area (TPSA) is 52.6 Å². The summed E-state index contributed by atoms with van der Waals surface area (Å²) in [7, 11) is 0. The fraction of sp³-hybridized carbons (Fsp3) is 0.889. The number of unbranched alkanes of at least 4 members (excludes halogenated alkanes) is 7. The molecule has 22 heavy (non-hydrogen) atoms. The number of carbonyl (C=O) groups excluding carboxylic acids is 2. The Kier molecular flexibility index (Phi) is 15.5. The Bertz CT molecular complexity index is 248. The Hall–Kier alpha value is -1.06. The summed E-state index contributed by atoms with van der Waals surface area (Å²) in [6.45, 7) is 5.36. The van der Waals surface area contributed by atoms with E-state index in [1.165, 1.54) is 0 Å². The highest BCUT2D eigenvalue weighted by atomic mass is 16.5. The molecule has 0 spiro atoms. The summed E-state index contributed by atoms with van der Waals surface area (Å²) in [6, 6.07) is 0. The van der Waals surface area contributed by atoms with Crippen molar-refractivity contribution < 1.29 is 19.1 Å². The van der Waals surface area contributed by atoms with Gasteiger partial charge in [0.05, 0.1) is 13.2 Å². The van der Waals surface area contributed by atoms with Gasteiger partial charge >= 0.3 is 11.9 Å². The summed E-state index contributed by atoms with van der Waals surface area (Å²) >= 11 is 0. The van der Waals surface area contributed by atoms with E-state index in [-0.39, 0.29) is 11.9 Å². The molecule has 0 saturated carbocycles. The molecule has 0 aromatic rings. The third-order valence-electron chi connectivity index (χ3n) is 3.53. The monoisotopic (exact) mass is 314 g/mol. The first kappa shape index (κ1) is 20.9. The zero-order valence-electron chi connectivity index (χ0n) is 14.5. The van der Waals surface area contributed by atoms with Gasteiger partial charge < -0.3 is 9.47 Å². The van der Waals surface area contributed by atoms with E-state index >= 15 is 0 Å². The third kappa shape index (κ3) is 15.3. The second-order valence-electron chi connectivity index (χ2n) is 5.77. The first-order valence-corrected chi connectivity index (χ1v) is 9.02. The van der Waals surface area contributed by atoms with Gasteiger partial charge in [-0.15, -0.1) is 0 Å². The molecular formula is C18H34O4. The van der Waals surface area contributed by atoms with Crippen LogP contribution in [-0.4, -0.2) is 25.2 Å². The molecule has 0 radical (unpaired) electrons. The second kappa shape index (κ2) is 16.3. The number of carbonyl (C=O) groups is 2. The SMILES string of the molecule is CCCCCOC(=O)CCCCCCC(=O)OCCCCC. The highest BCUT2D eigenvalue weighted by Gasteiger charge is 2.04. The lowest BCUT2D eigenvalue weighted by Crippen LogP contribution is -2.06. The minimum atomic E-state index is -0.0913. The average molecular weight is 314 g/mol. The standard InChI is InChI=1S/C18H34O4/c1-3-5-11-15-21-17(19)13-9-7-8-10-14-18(20)22-16-12-6-4-2/h3-16H2,1-2H3. The summed E-state index contributed by atoms with van der Waals surface area (Å²) in [6.07, 6.45) is 11.0. The van der Waals surface area contributed by atoms with Crippen molar-refractivity contribution in [3.63, 3.8) is 0 Å². The maximum atomic E-state index is 11.4. The van der Waals surface area contributed by atoms with Crippen molar-refractivity contribution >= 4 is 11.9 Å². The van der Waals surface area contributed by atoms with E-state index in [2.05, 4.69) is 13.8 Å². The van der Waals surface area contributed by atoms with Gasteiger partial charge in [-0.3, -0.25) is 9.59 Å². The molecule has 0 amide bonds. The van der Waals surface area contributed by atoms with Crippen LogP contribution in [0.5, 0.6) is 0 Å². The molecule has 0 aliphatic carbocycles. The van der Waals surface area contributed by atoms with E-state index in [9.17, 15) is 9.59 Å². The van der Waals surface area contributed by atoms with E-state index in [4.69, 9.17) is 9.47 Å². The quantitative estimate of drug-likeness (QED) is 0.322. The number of ether oxygens (including phenoxy) is 2. The Morgan fingerprint density at radius 2 is 1.00 bits per heavy atom. The molecule has 0 aromatic carbocycles. The molecule has 0 rings (SSSR count). The molecule has 0 saturated heterocycles. The Morgan fingerprint density at radius 1 is 0.591 bits per heavy atom. The van der Waals surface area contributed by atoms with Gasteiger partial charge in [-0.1, -0.05) is 52.4 Å². The second-order valence-corrected chi connectivity index (χ2v) is 5.77. The van der Waals surface area contributed by atoms with E-state index in [1.807, 2.05) is 0 Å². The van der Waals surface area contributed by atoms with Crippen LogP contribution in [-0.2, 0) is 19.1 Å². The van der Waals surface area contributed by atoms with Crippen molar-refractivity contribution in [3.05, 3.63) is 0 Å². The molecular weight excluding hydrogens is 280 g/mol. The van der Waals surface area contributed by atoms with Gasteiger partial charge in [-0.05, 0) is 25.7 Å². The fourth-order valence-corrected chi connectivity index (χ4v) is 2.11. The molecule has 4 nitrogen and oxygen atoms in total. The molecule has 0 N–H and O–H groups in total. The fourth-order valence-electron chi connectivity index (χ4n) is 2.11. The number of hydrogen-bond donors (Lipinski definition) is 0. The molecule has 0 heterocycles. The van der Waals surface area contributed by atoms with Crippen LogP contribution in [0.1, 0.15) is 90.9 Å². The summed E-state index contributed by atoms with van der Waals surface area (Å²) in [5, 5.41) is 0. The van der Waals surface area contributed by atoms with E-state index in [1.54, 1.807) is 0 Å². The molecule has 0 aliphatic heterocycles. The maximum Gasteiger partial charge on any atom is 0.305 e. The lowest BCUT2D eigenvalue weighted by molar-refractivity contribution is -0.145. The first-order chi connectivity index (χ1) is 10.7. The van der Waals surface area contributed by atoms with Gasteiger partial charge in [0.2, 0.25) is 0 Å². The normalized spacial score (nSPS) is 10.5. The summed E-state index contributed by atoms with van der Waals surface area (Å²) < 4.78 is 10.3. The minimum absolute atomic E-state index is 0.0913. The van der Waals surface area contributed by atoms with Gasteiger partial charge in [-0.25, -0.2) is 0 Å². The number of hydrogen-bond acceptors (Lipinski definition) is 4. The van der Waals surface area contributed by atoms with Crippen molar-refractivity contribution in [3.8, 4) is 0 Å². The molecule has 0 atom stereocenters. The highest BCUT2D eigenvalue weighted by Crippen LogP contribution is 2.08. The van der Waals surface area contributed by atoms with E-state index in [0.29, 0.717) is 26.1 Å². The zero-order chi connectivity index (χ0) is 16.5. The predicted octanol–water partition coefficient (Wildman–Crippen LogP) is 4.79. The lowest BCUT2D eigenvalue weighted by atomic mass is 10.1. The van der Waals surface area contributed by atoms with E-state index < -0.39 is 0 Å². The molecule has 0 aliphatic rings. The molecule has 4 heteroatoms. The van der Waals surface area contributed by atoms with Crippen molar-refractivity contribution in [2.45, 2.75) is 90.9 Å². The largest absolute Gasteiger partial charge is 0.466 e. The van der Waals surface area contributed by atoms with Gasteiger partial charge in [0.1, 0.15) is 0 Å². The summed E-state index contributed by atoms with van der Waals surface area (Å²) in [5.74, 6) is -0.183. The average Bonchev–Trinajstić information content (AvgIpc) is 2.51. The maximum absolute atomic E-state index is 11.4. The molecule has 0 aromatic heterocycles. The Balaban J connectivity index is 3.28. The van der Waals surface area contributed by atoms with Gasteiger partial charge in [0.25, 0.3) is 0 Å². The zero-order valence-corrected chi connectivity index (χ0v) is 14.5. The van der Waals surface area contributed by atoms with E-state index in [0.717, 1.165) is 64.2 Å². The van der Waals surface area contributed by atoms with Crippen LogP contribution in [0.25, 0.3) is 0 Å². The molecule has 130 valence electrons. The van der Waals surface area contributed by atoms with Crippen molar-refractivity contribution in [2.75, 3.05) is 13.2 Å². The van der Waals surface area contributed by atoms with Gasteiger partial charge in [-0.2, -0.15) is 0 Å². The van der Waals surface area contributed by atoms with Crippen LogP contribution in [0.15, 0.2) is 0 Å². The summed E-state index contributed by atoms with van der Waals surface area (Å²) in [4.78, 5) is 22.8. The van der Waals surface area contributed by atoms with Crippen LogP contribution in [0.2, 0.25) is 0 Å². The molecule has 0 fully saturated rings. The smallest absolute Gasteiger partial charge is 0.305 e. The Labute approximate surface area is 135 Å². The highest BCUT2D eigenvalue weighted by molar-refractivity contribution is 5.69. The van der Waals surface area contributed by atoms with Crippen molar-refractivity contribution in [2.24, 2.45) is 0 Å². The lowest BCUT2D eigenvalue weighted by Gasteiger charge is -2.05. The summed E-state index contributed by atoms with van der Waals surface area (Å²) in [5.41, 5.74) is 0. The Morgan fingerprint density at radius 3 is 1.36 bits per heavy atom. The first-order valence-electron chi connectivity index (χ1n) is 9.02. The van der Waals surface area contributed by atoms with Crippen LogP contribution < -0.4 is 0 Å². The van der Waals surface area contributed by atoms with Crippen LogP contribution in [0.4, 0.5) is 0 Å². The van der Waals surface area contributed by atoms with Gasteiger partial charge in [0.15, 0.2) is 0 Å². The minimum Gasteiger partial charge on any atom is -0.466 e. The number of esters is 2. The molecule has 0 bridgehead atoms. The predicted molar refractivity (Wildman–Crippen MR) is 88.7 cm³/mol. The van der Waals surface area contributed by atoms with Crippen molar-refractivity contribution in [1.29, 1.82) is 0 Å². The van der Waals surface area contributed by atoms with Crippen LogP contribution in [0.3, 0.4) is 0 Å². The number of rotatable bonds is 15. The molecule has 0 unspecified atom stereocenters.